The molecule has 86 valence electrons. The molecule has 0 unspecified atom stereocenters. The molecule has 16 heavy (non-hydrogen) atoms. The fourth-order valence-corrected chi connectivity index (χ4v) is 2.05. The lowest BCUT2D eigenvalue weighted by molar-refractivity contribution is -0.116. The van der Waals surface area contributed by atoms with Crippen molar-refractivity contribution < 1.29 is 4.79 Å². The third kappa shape index (κ3) is 1.89. The number of hydrogen-bond acceptors (Lipinski definition) is 3. The van der Waals surface area contributed by atoms with Crippen molar-refractivity contribution in [3.63, 3.8) is 0 Å². The number of rotatable bonds is 3. The molecule has 2 heterocycles. The number of aryl methyl sites for hydroxylation is 1. The van der Waals surface area contributed by atoms with Crippen molar-refractivity contribution in [1.29, 1.82) is 0 Å². The first-order valence-corrected chi connectivity index (χ1v) is 5.92. The Morgan fingerprint density at radius 2 is 2.50 bits per heavy atom. The predicted octanol–water partition coefficient (Wildman–Crippen LogP) is 1.44. The lowest BCUT2D eigenvalue weighted by atomic mass is 10.2. The third-order valence-corrected chi connectivity index (χ3v) is 3.12. The van der Waals surface area contributed by atoms with E-state index >= 15 is 0 Å². The van der Waals surface area contributed by atoms with E-state index in [0.717, 1.165) is 31.0 Å². The van der Waals surface area contributed by atoms with E-state index in [9.17, 15) is 4.79 Å². The van der Waals surface area contributed by atoms with Crippen LogP contribution in [0.2, 0.25) is 0 Å². The quantitative estimate of drug-likeness (QED) is 0.810. The molecule has 1 saturated carbocycles. The molecule has 3 rings (SSSR count). The highest BCUT2D eigenvalue weighted by molar-refractivity contribution is 5.93. The molecule has 1 aliphatic heterocycles. The van der Waals surface area contributed by atoms with Gasteiger partial charge in [-0.15, -0.1) is 0 Å². The highest BCUT2D eigenvalue weighted by atomic mass is 16.1. The fraction of sp³-hybridized carbons (Fsp3) is 0.636. The van der Waals surface area contributed by atoms with Crippen molar-refractivity contribution in [1.82, 2.24) is 9.78 Å². The SMILES string of the molecule is O=C(CC1CC1)Nc1cnn2c1NCCC2. The molecule has 2 N–H and O–H groups in total. The van der Waals surface area contributed by atoms with Crippen molar-refractivity contribution in [2.75, 3.05) is 17.2 Å². The predicted molar refractivity (Wildman–Crippen MR) is 61.3 cm³/mol. The van der Waals surface area contributed by atoms with Gasteiger partial charge in [-0.2, -0.15) is 5.10 Å². The van der Waals surface area contributed by atoms with E-state index < -0.39 is 0 Å². The number of carbonyl (C=O) groups excluding carboxylic acids is 1. The van der Waals surface area contributed by atoms with Crippen LogP contribution in [0.1, 0.15) is 25.7 Å². The highest BCUT2D eigenvalue weighted by Crippen LogP contribution is 2.33. The highest BCUT2D eigenvalue weighted by Gasteiger charge is 2.25. The molecule has 1 fully saturated rings. The number of amides is 1. The van der Waals surface area contributed by atoms with Crippen molar-refractivity contribution in [2.45, 2.75) is 32.2 Å². The maximum atomic E-state index is 11.7. The maximum absolute atomic E-state index is 11.7. The van der Waals surface area contributed by atoms with Gasteiger partial charge in [-0.25, -0.2) is 4.68 Å². The summed E-state index contributed by atoms with van der Waals surface area (Å²) in [4.78, 5) is 11.7. The van der Waals surface area contributed by atoms with Crippen molar-refractivity contribution in [3.05, 3.63) is 6.20 Å². The van der Waals surface area contributed by atoms with Gasteiger partial charge in [-0.1, -0.05) is 0 Å². The molecule has 1 amide bonds. The van der Waals surface area contributed by atoms with Gasteiger partial charge in [0.1, 0.15) is 11.5 Å². The van der Waals surface area contributed by atoms with Crippen LogP contribution in [-0.2, 0) is 11.3 Å². The summed E-state index contributed by atoms with van der Waals surface area (Å²) in [5.41, 5.74) is 0.824. The third-order valence-electron chi connectivity index (χ3n) is 3.12. The van der Waals surface area contributed by atoms with Gasteiger partial charge in [0.15, 0.2) is 0 Å². The van der Waals surface area contributed by atoms with Crippen LogP contribution in [0.5, 0.6) is 0 Å². The van der Waals surface area contributed by atoms with E-state index in [4.69, 9.17) is 0 Å². The Bertz CT molecular complexity index is 408. The van der Waals surface area contributed by atoms with Gasteiger partial charge in [0.2, 0.25) is 5.91 Å². The number of aromatic nitrogens is 2. The molecule has 1 aromatic heterocycles. The van der Waals surface area contributed by atoms with Crippen molar-refractivity contribution in [3.8, 4) is 0 Å². The fourth-order valence-electron chi connectivity index (χ4n) is 2.05. The zero-order valence-corrected chi connectivity index (χ0v) is 9.20. The number of nitrogens with one attached hydrogen (secondary N) is 2. The van der Waals surface area contributed by atoms with Crippen LogP contribution >= 0.6 is 0 Å². The summed E-state index contributed by atoms with van der Waals surface area (Å²) in [5.74, 6) is 1.69. The zero-order chi connectivity index (χ0) is 11.0. The maximum Gasteiger partial charge on any atom is 0.224 e. The van der Waals surface area contributed by atoms with Crippen molar-refractivity contribution in [2.24, 2.45) is 5.92 Å². The molecule has 0 radical (unpaired) electrons. The normalized spacial score (nSPS) is 18.8. The minimum atomic E-state index is 0.116. The topological polar surface area (TPSA) is 59.0 Å². The minimum Gasteiger partial charge on any atom is -0.368 e. The van der Waals surface area contributed by atoms with Gasteiger partial charge in [-0.05, 0) is 25.2 Å². The van der Waals surface area contributed by atoms with Crippen LogP contribution in [0.15, 0.2) is 6.20 Å². The van der Waals surface area contributed by atoms with E-state index in [1.165, 1.54) is 12.8 Å². The summed E-state index contributed by atoms with van der Waals surface area (Å²) < 4.78 is 1.91. The average Bonchev–Trinajstić information content (AvgIpc) is 3.00. The number of fused-ring (bicyclic) bond motifs is 1. The monoisotopic (exact) mass is 220 g/mol. The van der Waals surface area contributed by atoms with Crippen LogP contribution in [-0.4, -0.2) is 22.2 Å². The molecule has 0 spiro atoms. The number of nitrogens with zero attached hydrogens (tertiary/aromatic N) is 2. The van der Waals surface area contributed by atoms with Crippen LogP contribution < -0.4 is 10.6 Å². The molecule has 0 atom stereocenters. The molecule has 0 bridgehead atoms. The molecule has 5 nitrogen and oxygen atoms in total. The first-order valence-electron chi connectivity index (χ1n) is 5.92. The Balaban J connectivity index is 1.68. The number of carbonyl (C=O) groups is 1. The number of hydrogen-bond donors (Lipinski definition) is 2. The van der Waals surface area contributed by atoms with Crippen LogP contribution in [0.4, 0.5) is 11.5 Å². The van der Waals surface area contributed by atoms with Gasteiger partial charge in [0.25, 0.3) is 0 Å². The second-order valence-electron chi connectivity index (χ2n) is 4.61. The summed E-state index contributed by atoms with van der Waals surface area (Å²) in [5, 5.41) is 10.5. The summed E-state index contributed by atoms with van der Waals surface area (Å²) >= 11 is 0. The zero-order valence-electron chi connectivity index (χ0n) is 9.20. The second-order valence-corrected chi connectivity index (χ2v) is 4.61. The lowest BCUT2D eigenvalue weighted by Crippen LogP contribution is -2.19. The van der Waals surface area contributed by atoms with Gasteiger partial charge < -0.3 is 10.6 Å². The van der Waals surface area contributed by atoms with E-state index in [1.54, 1.807) is 6.20 Å². The molecular weight excluding hydrogens is 204 g/mol. The Morgan fingerprint density at radius 3 is 3.31 bits per heavy atom. The summed E-state index contributed by atoms with van der Waals surface area (Å²) in [7, 11) is 0. The smallest absolute Gasteiger partial charge is 0.224 e. The first kappa shape index (κ1) is 9.69. The summed E-state index contributed by atoms with van der Waals surface area (Å²) in [6.45, 7) is 1.89. The van der Waals surface area contributed by atoms with Gasteiger partial charge >= 0.3 is 0 Å². The van der Waals surface area contributed by atoms with Crippen LogP contribution in [0.3, 0.4) is 0 Å². The van der Waals surface area contributed by atoms with E-state index in [1.807, 2.05) is 4.68 Å². The molecular formula is C11H16N4O. The molecule has 1 aliphatic carbocycles. The summed E-state index contributed by atoms with van der Waals surface area (Å²) in [6.07, 6.45) is 5.89. The lowest BCUT2D eigenvalue weighted by Gasteiger charge is -2.17. The van der Waals surface area contributed by atoms with Crippen LogP contribution in [0, 0.1) is 5.92 Å². The second kappa shape index (κ2) is 3.81. The van der Waals surface area contributed by atoms with Gasteiger partial charge in [-0.3, -0.25) is 4.79 Å². The van der Waals surface area contributed by atoms with E-state index in [-0.39, 0.29) is 5.91 Å². The average molecular weight is 220 g/mol. The number of anilines is 2. The minimum absolute atomic E-state index is 0.116. The first-order chi connectivity index (χ1) is 7.83. The van der Waals surface area contributed by atoms with Crippen molar-refractivity contribution >= 4 is 17.4 Å². The largest absolute Gasteiger partial charge is 0.368 e. The Morgan fingerprint density at radius 1 is 1.62 bits per heavy atom. The van der Waals surface area contributed by atoms with E-state index in [2.05, 4.69) is 15.7 Å². The molecule has 1 aromatic rings. The Hall–Kier alpha value is -1.52. The standard InChI is InChI=1S/C11H16N4O/c16-10(6-8-2-3-8)14-9-7-13-15-5-1-4-12-11(9)15/h7-8,12H,1-6H2,(H,14,16). The summed E-state index contributed by atoms with van der Waals surface area (Å²) in [6, 6.07) is 0. The molecule has 0 aromatic carbocycles. The molecule has 5 heteroatoms. The van der Waals surface area contributed by atoms with Gasteiger partial charge in [0, 0.05) is 19.5 Å². The van der Waals surface area contributed by atoms with Gasteiger partial charge in [0.05, 0.1) is 6.20 Å². The molecule has 0 saturated heterocycles. The molecule has 2 aliphatic rings. The van der Waals surface area contributed by atoms with E-state index in [0.29, 0.717) is 12.3 Å². The Labute approximate surface area is 94.2 Å². The van der Waals surface area contributed by atoms with Crippen LogP contribution in [0.25, 0.3) is 0 Å². The Kier molecular flexibility index (Phi) is 2.31.